The van der Waals surface area contributed by atoms with E-state index in [2.05, 4.69) is 22.4 Å². The van der Waals surface area contributed by atoms with Crippen LogP contribution >= 0.6 is 11.8 Å². The molecule has 2 bridgehead atoms. The van der Waals surface area contributed by atoms with E-state index >= 15 is 0 Å². The molecule has 3 unspecified atom stereocenters. The fraction of sp³-hybridized carbons (Fsp3) is 0.833. The van der Waals surface area contributed by atoms with Gasteiger partial charge >= 0.3 is 0 Å². The molecular weight excluding hydrogens is 234 g/mol. The van der Waals surface area contributed by atoms with Gasteiger partial charge in [-0.05, 0) is 31.4 Å². The Bertz CT molecular complexity index is 382. The van der Waals surface area contributed by atoms with Gasteiger partial charge in [-0.3, -0.25) is 0 Å². The van der Waals surface area contributed by atoms with Crippen molar-refractivity contribution in [2.24, 2.45) is 0 Å². The third-order valence-electron chi connectivity index (χ3n) is 3.68. The molecule has 94 valence electrons. The highest BCUT2D eigenvalue weighted by atomic mass is 32.2. The number of hydrogen-bond donors (Lipinski definition) is 1. The first kappa shape index (κ1) is 11.5. The summed E-state index contributed by atoms with van der Waals surface area (Å²) >= 11 is 1.88. The molecule has 2 fully saturated rings. The molecule has 2 aliphatic rings. The summed E-state index contributed by atoms with van der Waals surface area (Å²) in [6.07, 6.45) is 4.95. The van der Waals surface area contributed by atoms with Gasteiger partial charge in [-0.25, -0.2) is 0 Å². The average molecular weight is 253 g/mol. The maximum Gasteiger partial charge on any atom is 0.231 e. The summed E-state index contributed by atoms with van der Waals surface area (Å²) < 4.78 is 5.42. The molecule has 3 atom stereocenters. The molecule has 0 radical (unpaired) electrons. The predicted octanol–water partition coefficient (Wildman–Crippen LogP) is 2.32. The van der Waals surface area contributed by atoms with Crippen LogP contribution in [0.25, 0.3) is 0 Å². The van der Waals surface area contributed by atoms with E-state index in [1.807, 2.05) is 11.8 Å². The number of thioether (sulfide) groups is 1. The fourth-order valence-electron chi connectivity index (χ4n) is 2.88. The zero-order valence-corrected chi connectivity index (χ0v) is 11.0. The fourth-order valence-corrected chi connectivity index (χ4v) is 3.61. The molecule has 0 aliphatic carbocycles. The average Bonchev–Trinajstić information content (AvgIpc) is 3.04. The second kappa shape index (κ2) is 4.98. The molecule has 0 aromatic carbocycles. The smallest absolute Gasteiger partial charge is 0.231 e. The Labute approximate surface area is 106 Å². The first-order valence-electron chi connectivity index (χ1n) is 6.53. The van der Waals surface area contributed by atoms with Gasteiger partial charge in [0, 0.05) is 12.1 Å². The minimum atomic E-state index is 0.464. The van der Waals surface area contributed by atoms with Crippen molar-refractivity contribution in [2.75, 3.05) is 5.75 Å². The van der Waals surface area contributed by atoms with Crippen molar-refractivity contribution >= 4 is 11.8 Å². The van der Waals surface area contributed by atoms with Crippen molar-refractivity contribution in [1.29, 1.82) is 0 Å². The molecule has 3 heterocycles. The third kappa shape index (κ3) is 2.36. The number of hydrogen-bond acceptors (Lipinski definition) is 5. The van der Waals surface area contributed by atoms with Crippen LogP contribution in [0.5, 0.6) is 0 Å². The van der Waals surface area contributed by atoms with Gasteiger partial charge in [-0.2, -0.15) is 16.7 Å². The van der Waals surface area contributed by atoms with Crippen LogP contribution in [0.4, 0.5) is 0 Å². The van der Waals surface area contributed by atoms with E-state index in [4.69, 9.17) is 4.52 Å². The van der Waals surface area contributed by atoms with E-state index in [1.54, 1.807) is 0 Å². The van der Waals surface area contributed by atoms with Gasteiger partial charge in [0.1, 0.15) is 0 Å². The molecule has 2 saturated heterocycles. The number of aromatic nitrogens is 2. The molecule has 1 aromatic heterocycles. The minimum Gasteiger partial charge on any atom is -0.339 e. The number of fused-ring (bicyclic) bond motifs is 2. The van der Waals surface area contributed by atoms with E-state index in [9.17, 15) is 0 Å². The molecule has 0 saturated carbocycles. The molecule has 0 spiro atoms. The standard InChI is InChI=1S/C12H19N3OS/c1-2-5-17-7-11-14-12(16-15-11)9-6-8-3-4-10(9)13-8/h8-10,13H,2-7H2,1H3. The van der Waals surface area contributed by atoms with Crippen LogP contribution in [0, 0.1) is 0 Å². The quantitative estimate of drug-likeness (QED) is 0.816. The summed E-state index contributed by atoms with van der Waals surface area (Å²) in [7, 11) is 0. The van der Waals surface area contributed by atoms with Gasteiger partial charge < -0.3 is 9.84 Å². The van der Waals surface area contributed by atoms with Crippen molar-refractivity contribution in [1.82, 2.24) is 15.5 Å². The predicted molar refractivity (Wildman–Crippen MR) is 68.1 cm³/mol. The van der Waals surface area contributed by atoms with Crippen LogP contribution in [-0.2, 0) is 5.75 Å². The second-order valence-electron chi connectivity index (χ2n) is 4.99. The summed E-state index contributed by atoms with van der Waals surface area (Å²) in [5.41, 5.74) is 0. The van der Waals surface area contributed by atoms with E-state index in [0.717, 1.165) is 17.5 Å². The summed E-state index contributed by atoms with van der Waals surface area (Å²) in [6, 6.07) is 1.27. The maximum absolute atomic E-state index is 5.42. The van der Waals surface area contributed by atoms with Crippen LogP contribution in [0.3, 0.4) is 0 Å². The van der Waals surface area contributed by atoms with Gasteiger partial charge in [-0.15, -0.1) is 0 Å². The lowest BCUT2D eigenvalue weighted by atomic mass is 9.89. The van der Waals surface area contributed by atoms with Crippen molar-refractivity contribution < 1.29 is 4.52 Å². The van der Waals surface area contributed by atoms with Gasteiger partial charge in [0.05, 0.1) is 11.7 Å². The van der Waals surface area contributed by atoms with Crippen molar-refractivity contribution in [3.05, 3.63) is 11.7 Å². The topological polar surface area (TPSA) is 51.0 Å². The van der Waals surface area contributed by atoms with Crippen LogP contribution in [0.15, 0.2) is 4.52 Å². The Hall–Kier alpha value is -0.550. The Kier molecular flexibility index (Phi) is 3.38. The molecule has 3 rings (SSSR count). The van der Waals surface area contributed by atoms with Gasteiger partial charge in [0.2, 0.25) is 5.89 Å². The SMILES string of the molecule is CCCSCc1noc(C2CC3CCC2N3)n1. The lowest BCUT2D eigenvalue weighted by Gasteiger charge is -2.15. The van der Waals surface area contributed by atoms with Crippen LogP contribution < -0.4 is 5.32 Å². The molecule has 2 aliphatic heterocycles. The molecule has 0 amide bonds. The van der Waals surface area contributed by atoms with Crippen molar-refractivity contribution in [3.63, 3.8) is 0 Å². The van der Waals surface area contributed by atoms with E-state index in [0.29, 0.717) is 18.0 Å². The Morgan fingerprint density at radius 1 is 1.47 bits per heavy atom. The van der Waals surface area contributed by atoms with E-state index in [-0.39, 0.29) is 0 Å². The molecule has 17 heavy (non-hydrogen) atoms. The minimum absolute atomic E-state index is 0.464. The van der Waals surface area contributed by atoms with Gasteiger partial charge in [-0.1, -0.05) is 12.1 Å². The number of nitrogens with one attached hydrogen (secondary N) is 1. The summed E-state index contributed by atoms with van der Waals surface area (Å²) in [5.74, 6) is 4.23. The molecule has 1 aromatic rings. The highest BCUT2D eigenvalue weighted by molar-refractivity contribution is 7.98. The zero-order chi connectivity index (χ0) is 11.7. The van der Waals surface area contributed by atoms with Gasteiger partial charge in [0.15, 0.2) is 5.82 Å². The summed E-state index contributed by atoms with van der Waals surface area (Å²) in [5, 5.41) is 7.69. The second-order valence-corrected chi connectivity index (χ2v) is 6.10. The lowest BCUT2D eigenvalue weighted by Crippen LogP contribution is -2.21. The number of nitrogens with zero attached hydrogens (tertiary/aromatic N) is 2. The summed E-state index contributed by atoms with van der Waals surface area (Å²) in [6.45, 7) is 2.19. The monoisotopic (exact) mass is 253 g/mol. The normalized spacial score (nSPS) is 31.2. The maximum atomic E-state index is 5.42. The lowest BCUT2D eigenvalue weighted by molar-refractivity contribution is 0.327. The van der Waals surface area contributed by atoms with Crippen LogP contribution in [-0.4, -0.2) is 28.0 Å². The Balaban J connectivity index is 1.60. The van der Waals surface area contributed by atoms with Gasteiger partial charge in [0.25, 0.3) is 0 Å². The third-order valence-corrected chi connectivity index (χ3v) is 4.84. The van der Waals surface area contributed by atoms with E-state index < -0.39 is 0 Å². The first-order chi connectivity index (χ1) is 8.36. The number of rotatable bonds is 5. The van der Waals surface area contributed by atoms with E-state index in [1.165, 1.54) is 31.4 Å². The van der Waals surface area contributed by atoms with Crippen LogP contribution in [0.2, 0.25) is 0 Å². The largest absolute Gasteiger partial charge is 0.339 e. The van der Waals surface area contributed by atoms with Crippen LogP contribution in [0.1, 0.15) is 50.2 Å². The first-order valence-corrected chi connectivity index (χ1v) is 7.68. The van der Waals surface area contributed by atoms with Crippen molar-refractivity contribution in [3.8, 4) is 0 Å². The zero-order valence-electron chi connectivity index (χ0n) is 10.2. The Morgan fingerprint density at radius 2 is 2.41 bits per heavy atom. The van der Waals surface area contributed by atoms with Crippen molar-refractivity contribution in [2.45, 2.75) is 56.4 Å². The summed E-state index contributed by atoms with van der Waals surface area (Å²) in [4.78, 5) is 4.54. The molecule has 5 heteroatoms. The highest BCUT2D eigenvalue weighted by Gasteiger charge is 2.42. The molecule has 1 N–H and O–H groups in total. The molecular formula is C12H19N3OS. The highest BCUT2D eigenvalue weighted by Crippen LogP contribution is 2.39. The Morgan fingerprint density at radius 3 is 3.12 bits per heavy atom. The molecule has 4 nitrogen and oxygen atoms in total.